The number of hydrogen-bond donors (Lipinski definition) is 2. The lowest BCUT2D eigenvalue weighted by molar-refractivity contribution is -0.113. The van der Waals surface area contributed by atoms with E-state index in [9.17, 15) is 13.2 Å². The molecular formula is C20H18BrCl2N5O3S2. The molecule has 0 bridgehead atoms. The average Bonchev–Trinajstić information content (AvgIpc) is 3.06. The Labute approximate surface area is 213 Å². The standard InChI is InChI=1S/C20H18BrCl2N5O3S2/c21-19-26-27-20(28(19)17-7-4-12(8-15(17)23)11-2-1-3-11)32-10-18(29)25-16-6-5-13(9-14(16)22)33(24,30)31/h4-9,11H,1-3,10H2,(H,25,29)(H2,24,30,31). The predicted molar refractivity (Wildman–Crippen MR) is 133 cm³/mol. The van der Waals surface area contributed by atoms with Crippen LogP contribution in [0.15, 0.2) is 51.2 Å². The molecule has 2 aromatic carbocycles. The van der Waals surface area contributed by atoms with Gasteiger partial charge in [0.05, 0.1) is 32.1 Å². The van der Waals surface area contributed by atoms with E-state index >= 15 is 0 Å². The van der Waals surface area contributed by atoms with E-state index in [0.717, 1.165) is 0 Å². The Morgan fingerprint density at radius 1 is 1.18 bits per heavy atom. The highest BCUT2D eigenvalue weighted by Crippen LogP contribution is 2.39. The number of benzene rings is 2. The fourth-order valence-electron chi connectivity index (χ4n) is 3.34. The normalized spacial score (nSPS) is 14.2. The molecule has 0 atom stereocenters. The van der Waals surface area contributed by atoms with Gasteiger partial charge in [0.2, 0.25) is 20.7 Å². The number of carbonyl (C=O) groups excluding carboxylic acids is 1. The summed E-state index contributed by atoms with van der Waals surface area (Å²) in [4.78, 5) is 12.3. The van der Waals surface area contributed by atoms with E-state index in [1.54, 1.807) is 4.57 Å². The number of anilines is 1. The maximum atomic E-state index is 12.5. The summed E-state index contributed by atoms with van der Waals surface area (Å²) in [6.07, 6.45) is 3.60. The Balaban J connectivity index is 1.46. The van der Waals surface area contributed by atoms with E-state index in [1.165, 1.54) is 54.8 Å². The number of primary sulfonamides is 1. The van der Waals surface area contributed by atoms with Gasteiger partial charge in [0.15, 0.2) is 5.16 Å². The highest BCUT2D eigenvalue weighted by Gasteiger charge is 2.22. The van der Waals surface area contributed by atoms with Crippen molar-refractivity contribution in [1.29, 1.82) is 0 Å². The highest BCUT2D eigenvalue weighted by atomic mass is 79.9. The molecule has 0 saturated heterocycles. The van der Waals surface area contributed by atoms with Crippen molar-refractivity contribution < 1.29 is 13.2 Å². The second kappa shape index (κ2) is 9.93. The quantitative estimate of drug-likeness (QED) is 0.374. The Bertz CT molecular complexity index is 1330. The van der Waals surface area contributed by atoms with Crippen LogP contribution in [-0.4, -0.2) is 34.8 Å². The Hall–Kier alpha value is -1.63. The number of hydrogen-bond acceptors (Lipinski definition) is 6. The molecule has 13 heteroatoms. The van der Waals surface area contributed by atoms with Crippen LogP contribution in [0.1, 0.15) is 30.7 Å². The predicted octanol–water partition coefficient (Wildman–Crippen LogP) is 4.98. The zero-order valence-corrected chi connectivity index (χ0v) is 21.7. The van der Waals surface area contributed by atoms with Crippen LogP contribution in [0.3, 0.4) is 0 Å². The molecule has 0 unspecified atom stereocenters. The lowest BCUT2D eigenvalue weighted by atomic mass is 9.80. The van der Waals surface area contributed by atoms with Crippen LogP contribution < -0.4 is 10.5 Å². The van der Waals surface area contributed by atoms with E-state index in [1.807, 2.05) is 12.1 Å². The Morgan fingerprint density at radius 3 is 2.55 bits per heavy atom. The fraction of sp³-hybridized carbons (Fsp3) is 0.250. The van der Waals surface area contributed by atoms with Gasteiger partial charge in [0.25, 0.3) is 0 Å². The first-order valence-corrected chi connectivity index (χ1v) is 13.9. The van der Waals surface area contributed by atoms with Crippen molar-refractivity contribution in [3.8, 4) is 5.69 Å². The molecule has 174 valence electrons. The molecule has 1 fully saturated rings. The summed E-state index contributed by atoms with van der Waals surface area (Å²) in [5.74, 6) is 0.211. The van der Waals surface area contributed by atoms with Gasteiger partial charge in [-0.15, -0.1) is 10.2 Å². The van der Waals surface area contributed by atoms with Gasteiger partial charge >= 0.3 is 0 Å². The summed E-state index contributed by atoms with van der Waals surface area (Å²) < 4.78 is 25.0. The van der Waals surface area contributed by atoms with Gasteiger partial charge in [-0.25, -0.2) is 13.6 Å². The Kier molecular flexibility index (Phi) is 7.37. The smallest absolute Gasteiger partial charge is 0.238 e. The highest BCUT2D eigenvalue weighted by molar-refractivity contribution is 9.10. The number of rotatable bonds is 7. The first-order chi connectivity index (χ1) is 15.6. The van der Waals surface area contributed by atoms with Crippen molar-refractivity contribution in [2.75, 3.05) is 11.1 Å². The summed E-state index contributed by atoms with van der Waals surface area (Å²) in [6, 6.07) is 9.80. The molecule has 0 radical (unpaired) electrons. The minimum absolute atomic E-state index is 0.0101. The number of sulfonamides is 1. The van der Waals surface area contributed by atoms with Crippen molar-refractivity contribution in [3.63, 3.8) is 0 Å². The molecule has 1 amide bonds. The van der Waals surface area contributed by atoms with Crippen molar-refractivity contribution in [2.45, 2.75) is 35.2 Å². The van der Waals surface area contributed by atoms with Crippen molar-refractivity contribution in [1.82, 2.24) is 14.8 Å². The van der Waals surface area contributed by atoms with Crippen LogP contribution in [0.2, 0.25) is 10.0 Å². The summed E-state index contributed by atoms with van der Waals surface area (Å²) >= 11 is 17.2. The van der Waals surface area contributed by atoms with Crippen LogP contribution in [0, 0.1) is 0 Å². The maximum absolute atomic E-state index is 12.5. The second-order valence-corrected chi connectivity index (χ2v) is 11.5. The first-order valence-electron chi connectivity index (χ1n) is 9.79. The molecule has 33 heavy (non-hydrogen) atoms. The van der Waals surface area contributed by atoms with Crippen molar-refractivity contribution in [3.05, 3.63) is 56.7 Å². The summed E-state index contributed by atoms with van der Waals surface area (Å²) in [7, 11) is -3.89. The van der Waals surface area contributed by atoms with Crippen LogP contribution in [0.4, 0.5) is 5.69 Å². The molecular weight excluding hydrogens is 573 g/mol. The zero-order chi connectivity index (χ0) is 23.8. The summed E-state index contributed by atoms with van der Waals surface area (Å²) in [5, 5.41) is 17.0. The van der Waals surface area contributed by atoms with Gasteiger partial charge in [-0.2, -0.15) is 0 Å². The van der Waals surface area contributed by atoms with Gasteiger partial charge in [0.1, 0.15) is 0 Å². The third-order valence-corrected chi connectivity index (χ3v) is 8.23. The van der Waals surface area contributed by atoms with E-state index in [2.05, 4.69) is 37.5 Å². The van der Waals surface area contributed by atoms with E-state index in [4.69, 9.17) is 28.3 Å². The van der Waals surface area contributed by atoms with Crippen molar-refractivity contribution in [2.24, 2.45) is 5.14 Å². The van der Waals surface area contributed by atoms with Crippen LogP contribution in [0.5, 0.6) is 0 Å². The average molecular weight is 591 g/mol. The summed E-state index contributed by atoms with van der Waals surface area (Å²) in [5.41, 5.74) is 2.20. The number of halogens is 3. The molecule has 1 heterocycles. The number of carbonyl (C=O) groups is 1. The lowest BCUT2D eigenvalue weighted by Gasteiger charge is -2.26. The molecule has 8 nitrogen and oxygen atoms in total. The molecule has 3 N–H and O–H groups in total. The van der Waals surface area contributed by atoms with Crippen LogP contribution in [0.25, 0.3) is 5.69 Å². The minimum atomic E-state index is -3.89. The number of nitrogens with zero attached hydrogens (tertiary/aromatic N) is 3. The number of thioether (sulfide) groups is 1. The molecule has 0 aliphatic heterocycles. The van der Waals surface area contributed by atoms with Crippen LogP contribution >= 0.6 is 50.9 Å². The van der Waals surface area contributed by atoms with Crippen LogP contribution in [-0.2, 0) is 14.8 Å². The molecule has 1 aromatic heterocycles. The Morgan fingerprint density at radius 2 is 1.94 bits per heavy atom. The molecule has 1 saturated carbocycles. The van der Waals surface area contributed by atoms with Gasteiger partial charge in [0, 0.05) is 0 Å². The number of nitrogens with two attached hydrogens (primary N) is 1. The van der Waals surface area contributed by atoms with Gasteiger partial charge in [-0.3, -0.25) is 9.36 Å². The molecule has 1 aliphatic carbocycles. The number of amides is 1. The number of aromatic nitrogens is 3. The van der Waals surface area contributed by atoms with E-state index in [0.29, 0.717) is 26.5 Å². The molecule has 0 spiro atoms. The van der Waals surface area contributed by atoms with E-state index in [-0.39, 0.29) is 27.3 Å². The first kappa shape index (κ1) is 24.5. The lowest BCUT2D eigenvalue weighted by Crippen LogP contribution is -2.16. The third-order valence-electron chi connectivity index (χ3n) is 5.26. The zero-order valence-electron chi connectivity index (χ0n) is 17.0. The summed E-state index contributed by atoms with van der Waals surface area (Å²) in [6.45, 7) is 0. The molecule has 4 rings (SSSR count). The maximum Gasteiger partial charge on any atom is 0.238 e. The second-order valence-electron chi connectivity index (χ2n) is 7.45. The van der Waals surface area contributed by atoms with E-state index < -0.39 is 10.0 Å². The number of nitrogens with one attached hydrogen (secondary N) is 1. The van der Waals surface area contributed by atoms with Gasteiger partial charge in [-0.1, -0.05) is 47.5 Å². The molecule has 3 aromatic rings. The third kappa shape index (κ3) is 5.55. The minimum Gasteiger partial charge on any atom is -0.324 e. The molecule has 1 aliphatic rings. The monoisotopic (exact) mass is 589 g/mol. The topological polar surface area (TPSA) is 120 Å². The van der Waals surface area contributed by atoms with Gasteiger partial charge in [-0.05, 0) is 70.6 Å². The largest absolute Gasteiger partial charge is 0.324 e. The van der Waals surface area contributed by atoms with Gasteiger partial charge < -0.3 is 5.32 Å². The fourth-order valence-corrected chi connectivity index (χ4v) is 5.75. The SMILES string of the molecule is NS(=O)(=O)c1ccc(NC(=O)CSc2nnc(Br)n2-c2ccc(C3CCC3)cc2Cl)c(Cl)c1. The van der Waals surface area contributed by atoms with Crippen molar-refractivity contribution >= 4 is 72.5 Å².